The topological polar surface area (TPSA) is 199 Å². The van der Waals surface area contributed by atoms with Gasteiger partial charge in [0.1, 0.15) is 35.7 Å². The van der Waals surface area contributed by atoms with Gasteiger partial charge in [-0.05, 0) is 156 Å². The van der Waals surface area contributed by atoms with Gasteiger partial charge in [-0.3, -0.25) is 19.4 Å². The maximum Gasteiger partial charge on any atom is 0.252 e. The largest absolute Gasteiger partial charge is 0.492 e. The van der Waals surface area contributed by atoms with Crippen LogP contribution in [0, 0.1) is 13.8 Å². The van der Waals surface area contributed by atoms with Crippen molar-refractivity contribution in [2.24, 2.45) is 11.5 Å². The average molecular weight is 900 g/mol. The van der Waals surface area contributed by atoms with Gasteiger partial charge >= 0.3 is 0 Å². The van der Waals surface area contributed by atoms with Crippen LogP contribution in [0.4, 0.5) is 39.9 Å². The van der Waals surface area contributed by atoms with E-state index in [1.807, 2.05) is 111 Å². The van der Waals surface area contributed by atoms with Gasteiger partial charge in [0.25, 0.3) is 11.8 Å². The summed E-state index contributed by atoms with van der Waals surface area (Å²) in [5, 5.41) is 9.95. The highest BCUT2D eigenvalue weighted by Crippen LogP contribution is 2.27. The number of hydrogen-bond donors (Lipinski definition) is 6. The maximum atomic E-state index is 11.9. The van der Waals surface area contributed by atoms with Gasteiger partial charge in [-0.2, -0.15) is 0 Å². The normalized spacial score (nSPS) is 13.4. The van der Waals surface area contributed by atoms with Crippen LogP contribution in [-0.4, -0.2) is 84.1 Å². The molecule has 0 atom stereocenters. The molecule has 2 aromatic heterocycles. The number of nitrogen functional groups attached to an aromatic ring is 1. The lowest BCUT2D eigenvalue weighted by Gasteiger charge is -2.15. The van der Waals surface area contributed by atoms with E-state index < -0.39 is 11.8 Å². The van der Waals surface area contributed by atoms with Crippen LogP contribution >= 0.6 is 11.6 Å². The van der Waals surface area contributed by atoms with Crippen LogP contribution in [-0.2, 0) is 0 Å². The third kappa shape index (κ3) is 15.7. The fourth-order valence-corrected chi connectivity index (χ4v) is 7.41. The van der Waals surface area contributed by atoms with E-state index in [9.17, 15) is 9.59 Å². The van der Waals surface area contributed by atoms with E-state index in [4.69, 9.17) is 38.3 Å². The Labute approximate surface area is 386 Å². The van der Waals surface area contributed by atoms with Gasteiger partial charge in [0.05, 0.1) is 22.5 Å². The molecule has 65 heavy (non-hydrogen) atoms. The molecule has 14 nitrogen and oxygen atoms in total. The minimum absolute atomic E-state index is 0.301. The van der Waals surface area contributed by atoms with E-state index in [1.54, 1.807) is 12.1 Å². The molecule has 2 amide bonds. The van der Waals surface area contributed by atoms with Crippen LogP contribution < -0.4 is 42.6 Å². The number of benzene rings is 4. The Bertz CT molecular complexity index is 2460. The quantitative estimate of drug-likeness (QED) is 0.0399. The lowest BCUT2D eigenvalue weighted by atomic mass is 10.2. The van der Waals surface area contributed by atoms with Crippen LogP contribution in [0.2, 0.25) is 5.15 Å². The summed E-state index contributed by atoms with van der Waals surface area (Å²) < 4.78 is 11.5. The third-order valence-electron chi connectivity index (χ3n) is 10.7. The average Bonchev–Trinajstić information content (AvgIpc) is 4.01. The smallest absolute Gasteiger partial charge is 0.252 e. The molecule has 8 rings (SSSR count). The Balaban J connectivity index is 0.000000178. The van der Waals surface area contributed by atoms with Crippen molar-refractivity contribution in [2.75, 3.05) is 74.2 Å². The molecule has 4 aromatic carbocycles. The molecule has 4 heterocycles. The van der Waals surface area contributed by atoms with Crippen LogP contribution in [0.1, 0.15) is 57.5 Å². The number of nitrogens with zero attached hydrogens (tertiary/aromatic N) is 4. The van der Waals surface area contributed by atoms with Crippen molar-refractivity contribution >= 4 is 63.4 Å². The Morgan fingerprint density at radius 1 is 0.600 bits per heavy atom. The summed E-state index contributed by atoms with van der Waals surface area (Å²) in [4.78, 5) is 36.2. The van der Waals surface area contributed by atoms with Crippen molar-refractivity contribution in [3.8, 4) is 11.5 Å². The second-order valence-electron chi connectivity index (χ2n) is 15.9. The SMILES string of the molecule is Cc1cccc(Nc2cc(Cl)ncc2C(N)=O)c1.Cc1cccc(Nc2cc(Nc3ccc(OCCN4CCCC4)cc3)ncc2C(N)=O)c1.Nc1ccc(OCCN2CCCC2)cc1. The van der Waals surface area contributed by atoms with Crippen LogP contribution in [0.15, 0.2) is 122 Å². The molecule has 0 aliphatic carbocycles. The Kier molecular flexibility index (Phi) is 17.8. The number of pyridine rings is 2. The molecule has 2 saturated heterocycles. The number of aryl methyl sites for hydroxylation is 2. The van der Waals surface area contributed by atoms with Crippen molar-refractivity contribution in [2.45, 2.75) is 39.5 Å². The monoisotopic (exact) mass is 898 g/mol. The number of rotatable bonds is 16. The van der Waals surface area contributed by atoms with Crippen molar-refractivity contribution in [3.63, 3.8) is 0 Å². The first-order chi connectivity index (χ1) is 31.5. The Morgan fingerprint density at radius 3 is 1.54 bits per heavy atom. The highest BCUT2D eigenvalue weighted by atomic mass is 35.5. The van der Waals surface area contributed by atoms with E-state index in [0.29, 0.717) is 40.1 Å². The van der Waals surface area contributed by atoms with E-state index >= 15 is 0 Å². The molecule has 0 bridgehead atoms. The fourth-order valence-electron chi connectivity index (χ4n) is 7.25. The molecule has 15 heteroatoms. The van der Waals surface area contributed by atoms with Gasteiger partial charge < -0.3 is 42.6 Å². The summed E-state index contributed by atoms with van der Waals surface area (Å²) in [6.45, 7) is 12.3. The summed E-state index contributed by atoms with van der Waals surface area (Å²) in [5.74, 6) is 1.27. The minimum Gasteiger partial charge on any atom is -0.492 e. The molecular weight excluding hydrogens is 840 g/mol. The zero-order valence-corrected chi connectivity index (χ0v) is 37.8. The zero-order valence-electron chi connectivity index (χ0n) is 37.1. The Morgan fingerprint density at radius 2 is 1.06 bits per heavy atom. The number of carbonyl (C=O) groups excluding carboxylic acids is 2. The molecule has 0 radical (unpaired) electrons. The van der Waals surface area contributed by atoms with Crippen molar-refractivity contribution in [3.05, 3.63) is 149 Å². The predicted octanol–water partition coefficient (Wildman–Crippen LogP) is 9.08. The van der Waals surface area contributed by atoms with Gasteiger partial charge in [-0.15, -0.1) is 0 Å². The summed E-state index contributed by atoms with van der Waals surface area (Å²) in [6.07, 6.45) is 8.10. The second-order valence-corrected chi connectivity index (χ2v) is 16.3. The molecule has 0 saturated carbocycles. The Hall–Kier alpha value is -6.87. The zero-order chi connectivity index (χ0) is 46.0. The highest BCUT2D eigenvalue weighted by molar-refractivity contribution is 6.29. The predicted molar refractivity (Wildman–Crippen MR) is 262 cm³/mol. The van der Waals surface area contributed by atoms with E-state index in [1.165, 1.54) is 64.3 Å². The second kappa shape index (κ2) is 24.3. The van der Waals surface area contributed by atoms with E-state index in [-0.39, 0.29) is 0 Å². The maximum absolute atomic E-state index is 11.9. The van der Waals surface area contributed by atoms with Gasteiger partial charge in [-0.1, -0.05) is 35.9 Å². The number of hydrogen-bond acceptors (Lipinski definition) is 12. The fraction of sp³-hybridized carbons (Fsp3) is 0.280. The summed E-state index contributed by atoms with van der Waals surface area (Å²) in [6, 6.07) is 34.4. The molecule has 340 valence electrons. The van der Waals surface area contributed by atoms with Crippen molar-refractivity contribution in [1.29, 1.82) is 0 Å². The van der Waals surface area contributed by atoms with Crippen LogP contribution in [0.25, 0.3) is 0 Å². The number of ether oxygens (including phenoxy) is 2. The van der Waals surface area contributed by atoms with E-state index in [0.717, 1.165) is 65.1 Å². The lowest BCUT2D eigenvalue weighted by Crippen LogP contribution is -2.25. The first-order valence-electron chi connectivity index (χ1n) is 21.8. The molecule has 2 aliphatic rings. The molecule has 0 spiro atoms. The number of amides is 2. The molecular formula is C50H59ClN10O4. The molecule has 9 N–H and O–H groups in total. The van der Waals surface area contributed by atoms with Crippen molar-refractivity contribution in [1.82, 2.24) is 19.8 Å². The number of nitrogens with one attached hydrogen (secondary N) is 3. The summed E-state index contributed by atoms with van der Waals surface area (Å²) in [7, 11) is 0. The highest BCUT2D eigenvalue weighted by Gasteiger charge is 2.14. The van der Waals surface area contributed by atoms with Gasteiger partial charge in [0.15, 0.2) is 0 Å². The van der Waals surface area contributed by atoms with Crippen molar-refractivity contribution < 1.29 is 19.1 Å². The molecule has 2 aliphatic heterocycles. The van der Waals surface area contributed by atoms with Crippen LogP contribution in [0.3, 0.4) is 0 Å². The first kappa shape index (κ1) is 47.6. The lowest BCUT2D eigenvalue weighted by molar-refractivity contribution is 0.0992. The standard InChI is InChI=1S/C25H29N5O2.C13H12ClN3O.C12H18N2O/c1-18-5-4-6-20(15-18)28-23-16-24(27-17-22(23)25(26)31)29-19-7-9-21(10-8-19)32-14-13-30-11-2-3-12-30;1-8-3-2-4-9(5-8)17-11-6-12(14)16-7-10(11)13(15)18;13-11-3-5-12(6-4-11)15-10-9-14-7-1-2-8-14/h4-10,15-17H,2-3,11-14H2,1H3,(H2,26,31)(H2,27,28,29);2-7H,1H3,(H2,15,18)(H,16,17);3-6H,1-2,7-10,13H2. The molecule has 0 unspecified atom stereocenters. The number of nitrogens with two attached hydrogens (primary N) is 3. The molecule has 6 aromatic rings. The number of primary amides is 2. The number of anilines is 7. The summed E-state index contributed by atoms with van der Waals surface area (Å²) in [5.41, 5.74) is 23.8. The van der Waals surface area contributed by atoms with Gasteiger partial charge in [0.2, 0.25) is 0 Å². The van der Waals surface area contributed by atoms with Gasteiger partial charge in [-0.25, -0.2) is 9.97 Å². The number of likely N-dealkylation sites (tertiary alicyclic amines) is 2. The first-order valence-corrected chi connectivity index (χ1v) is 22.2. The minimum atomic E-state index is -0.547. The summed E-state index contributed by atoms with van der Waals surface area (Å²) >= 11 is 5.82. The van der Waals surface area contributed by atoms with Crippen LogP contribution in [0.5, 0.6) is 11.5 Å². The number of halogens is 1. The van der Waals surface area contributed by atoms with Gasteiger partial charge in [0, 0.05) is 54.3 Å². The third-order valence-corrected chi connectivity index (χ3v) is 10.9. The number of aromatic nitrogens is 2. The van der Waals surface area contributed by atoms with E-state index in [2.05, 4.69) is 35.7 Å². The molecule has 2 fully saturated rings. The number of carbonyl (C=O) groups is 2.